The molecule has 0 unspecified atom stereocenters. The first-order chi connectivity index (χ1) is 9.56. The molecule has 0 aromatic heterocycles. The zero-order chi connectivity index (χ0) is 14.2. The van der Waals surface area contributed by atoms with E-state index in [1.807, 2.05) is 0 Å². The van der Waals surface area contributed by atoms with Gasteiger partial charge >= 0.3 is 0 Å². The fourth-order valence-electron chi connectivity index (χ4n) is 3.39. The topological polar surface area (TPSA) is 38.3 Å². The normalized spacial score (nSPS) is 27.6. The lowest BCUT2D eigenvalue weighted by Crippen LogP contribution is -2.60. The molecule has 1 aromatic carbocycles. The predicted octanol–water partition coefficient (Wildman–Crippen LogP) is 3.31. The number of ether oxygens (including phenoxy) is 1. The number of benzene rings is 1. The van der Waals surface area contributed by atoms with Gasteiger partial charge in [0.25, 0.3) is 5.91 Å². The zero-order valence-corrected chi connectivity index (χ0v) is 11.9. The van der Waals surface area contributed by atoms with E-state index in [1.165, 1.54) is 25.0 Å². The van der Waals surface area contributed by atoms with E-state index in [-0.39, 0.29) is 23.1 Å². The van der Waals surface area contributed by atoms with Gasteiger partial charge in [0.1, 0.15) is 11.6 Å². The number of carbonyl (C=O) groups is 1. The largest absolute Gasteiger partial charge is 0.484 e. The third-order valence-corrected chi connectivity index (χ3v) is 4.60. The molecule has 4 rings (SSSR count). The molecule has 0 radical (unpaired) electrons. The molecule has 3 saturated carbocycles. The van der Waals surface area contributed by atoms with Gasteiger partial charge in [-0.2, -0.15) is 0 Å². The summed E-state index contributed by atoms with van der Waals surface area (Å²) in [5.41, 5.74) is 0.00854. The highest BCUT2D eigenvalue weighted by Crippen LogP contribution is 2.48. The number of hydrogen-bond acceptors (Lipinski definition) is 2. The lowest BCUT2D eigenvalue weighted by atomic mass is 9.59. The molecule has 1 N–H and O–H groups in total. The van der Waals surface area contributed by atoms with Crippen molar-refractivity contribution in [3.05, 3.63) is 29.0 Å². The minimum Gasteiger partial charge on any atom is -0.484 e. The highest BCUT2D eigenvalue weighted by Gasteiger charge is 2.47. The Labute approximate surface area is 122 Å². The van der Waals surface area contributed by atoms with E-state index < -0.39 is 5.82 Å². The number of halogens is 2. The quantitative estimate of drug-likeness (QED) is 0.926. The average molecular weight is 298 g/mol. The van der Waals surface area contributed by atoms with Crippen molar-refractivity contribution in [2.45, 2.75) is 37.6 Å². The summed E-state index contributed by atoms with van der Waals surface area (Å²) in [6.07, 6.45) is 5.72. The summed E-state index contributed by atoms with van der Waals surface area (Å²) >= 11 is 5.59. The Morgan fingerprint density at radius 3 is 2.95 bits per heavy atom. The van der Waals surface area contributed by atoms with Crippen LogP contribution in [0.25, 0.3) is 0 Å². The molecule has 3 fully saturated rings. The maximum atomic E-state index is 13.2. The average Bonchev–Trinajstić information content (AvgIpc) is 2.40. The summed E-state index contributed by atoms with van der Waals surface area (Å²) in [6, 6.07) is 4.16. The minimum atomic E-state index is -0.544. The van der Waals surface area contributed by atoms with Gasteiger partial charge in [0.05, 0.1) is 5.02 Å². The number of fused-ring (bicyclic) bond motifs is 2. The molecule has 0 spiro atoms. The predicted molar refractivity (Wildman–Crippen MR) is 74.4 cm³/mol. The SMILES string of the molecule is O=C(COc1ccc(Cl)c(F)c1)NC12CCCC(C1)C2. The molecule has 20 heavy (non-hydrogen) atoms. The smallest absolute Gasteiger partial charge is 0.258 e. The molecule has 0 heterocycles. The minimum absolute atomic E-state index is 0.00854. The van der Waals surface area contributed by atoms with E-state index in [0.29, 0.717) is 5.75 Å². The van der Waals surface area contributed by atoms with Gasteiger partial charge in [0, 0.05) is 11.6 Å². The molecule has 3 nitrogen and oxygen atoms in total. The van der Waals surface area contributed by atoms with E-state index in [9.17, 15) is 9.18 Å². The Hall–Kier alpha value is -1.29. The van der Waals surface area contributed by atoms with Crippen molar-refractivity contribution < 1.29 is 13.9 Å². The molecular weight excluding hydrogens is 281 g/mol. The molecule has 0 aliphatic heterocycles. The standard InChI is InChI=1S/C15H17ClFNO2/c16-12-4-3-11(6-13(12)17)20-9-14(19)18-15-5-1-2-10(7-15)8-15/h3-4,6,10H,1-2,5,7-9H2,(H,18,19). The fraction of sp³-hybridized carbons (Fsp3) is 0.533. The van der Waals surface area contributed by atoms with Crippen LogP contribution in [0.3, 0.4) is 0 Å². The summed E-state index contributed by atoms with van der Waals surface area (Å²) in [7, 11) is 0. The molecule has 3 aliphatic carbocycles. The molecule has 1 amide bonds. The molecule has 1 aromatic rings. The number of nitrogens with one attached hydrogen (secondary N) is 1. The van der Waals surface area contributed by atoms with Crippen LogP contribution in [0.1, 0.15) is 32.1 Å². The Balaban J connectivity index is 1.50. The van der Waals surface area contributed by atoms with E-state index >= 15 is 0 Å². The summed E-state index contributed by atoms with van der Waals surface area (Å²) in [5.74, 6) is 0.419. The Morgan fingerprint density at radius 2 is 2.30 bits per heavy atom. The van der Waals surface area contributed by atoms with Crippen molar-refractivity contribution in [1.82, 2.24) is 5.32 Å². The van der Waals surface area contributed by atoms with E-state index in [1.54, 1.807) is 6.07 Å². The second kappa shape index (κ2) is 5.24. The highest BCUT2D eigenvalue weighted by molar-refractivity contribution is 6.30. The van der Waals surface area contributed by atoms with Crippen LogP contribution in [-0.2, 0) is 4.79 Å². The Kier molecular flexibility index (Phi) is 3.59. The van der Waals surface area contributed by atoms with Gasteiger partial charge in [0.2, 0.25) is 0 Å². The van der Waals surface area contributed by atoms with Crippen LogP contribution in [0.4, 0.5) is 4.39 Å². The number of rotatable bonds is 4. The van der Waals surface area contributed by atoms with Crippen molar-refractivity contribution in [3.63, 3.8) is 0 Å². The van der Waals surface area contributed by atoms with Crippen LogP contribution in [0, 0.1) is 11.7 Å². The van der Waals surface area contributed by atoms with Crippen LogP contribution in [0.5, 0.6) is 5.75 Å². The van der Waals surface area contributed by atoms with Gasteiger partial charge in [-0.25, -0.2) is 4.39 Å². The summed E-state index contributed by atoms with van der Waals surface area (Å²) in [6.45, 7) is -0.0898. The van der Waals surface area contributed by atoms with Crippen LogP contribution in [0.15, 0.2) is 18.2 Å². The molecule has 5 heteroatoms. The first kappa shape index (κ1) is 13.7. The monoisotopic (exact) mass is 297 g/mol. The van der Waals surface area contributed by atoms with Gasteiger partial charge in [-0.15, -0.1) is 0 Å². The molecule has 108 valence electrons. The van der Waals surface area contributed by atoms with Crippen LogP contribution >= 0.6 is 11.6 Å². The summed E-state index contributed by atoms with van der Waals surface area (Å²) in [4.78, 5) is 11.9. The lowest BCUT2D eigenvalue weighted by Gasteiger charge is -2.52. The molecule has 0 saturated heterocycles. The van der Waals surface area contributed by atoms with Gasteiger partial charge in [-0.3, -0.25) is 4.79 Å². The van der Waals surface area contributed by atoms with Crippen LogP contribution in [0.2, 0.25) is 5.02 Å². The molecule has 3 aliphatic rings. The lowest BCUT2D eigenvalue weighted by molar-refractivity contribution is -0.128. The number of carbonyl (C=O) groups excluding carboxylic acids is 1. The fourth-order valence-corrected chi connectivity index (χ4v) is 3.51. The highest BCUT2D eigenvalue weighted by atomic mass is 35.5. The first-order valence-corrected chi connectivity index (χ1v) is 7.33. The number of amides is 1. The van der Waals surface area contributed by atoms with E-state index in [0.717, 1.165) is 25.2 Å². The van der Waals surface area contributed by atoms with Gasteiger partial charge in [-0.05, 0) is 37.3 Å². The van der Waals surface area contributed by atoms with Gasteiger partial charge < -0.3 is 10.1 Å². The molecule has 0 atom stereocenters. The number of hydrogen-bond donors (Lipinski definition) is 1. The van der Waals surface area contributed by atoms with Crippen molar-refractivity contribution >= 4 is 17.5 Å². The van der Waals surface area contributed by atoms with E-state index in [4.69, 9.17) is 16.3 Å². The third-order valence-electron chi connectivity index (χ3n) is 4.29. The third kappa shape index (κ3) is 2.75. The van der Waals surface area contributed by atoms with Crippen molar-refractivity contribution in [2.24, 2.45) is 5.92 Å². The second-order valence-corrected chi connectivity index (χ2v) is 6.27. The van der Waals surface area contributed by atoms with Crippen LogP contribution in [-0.4, -0.2) is 18.1 Å². The van der Waals surface area contributed by atoms with Crippen molar-refractivity contribution in [2.75, 3.05) is 6.61 Å². The molecular formula is C15H17ClFNO2. The zero-order valence-electron chi connectivity index (χ0n) is 11.1. The summed E-state index contributed by atoms with van der Waals surface area (Å²) < 4.78 is 18.5. The first-order valence-electron chi connectivity index (χ1n) is 6.95. The van der Waals surface area contributed by atoms with Gasteiger partial charge in [-0.1, -0.05) is 24.4 Å². The van der Waals surface area contributed by atoms with Crippen molar-refractivity contribution in [1.29, 1.82) is 0 Å². The maximum Gasteiger partial charge on any atom is 0.258 e. The Bertz CT molecular complexity index is 523. The molecule has 2 bridgehead atoms. The van der Waals surface area contributed by atoms with Gasteiger partial charge in [0.15, 0.2) is 6.61 Å². The van der Waals surface area contributed by atoms with Crippen LogP contribution < -0.4 is 10.1 Å². The van der Waals surface area contributed by atoms with E-state index in [2.05, 4.69) is 5.32 Å². The van der Waals surface area contributed by atoms with Crippen molar-refractivity contribution in [3.8, 4) is 5.75 Å². The second-order valence-electron chi connectivity index (χ2n) is 5.86. The maximum absolute atomic E-state index is 13.2. The Morgan fingerprint density at radius 1 is 1.50 bits per heavy atom. The summed E-state index contributed by atoms with van der Waals surface area (Å²) in [5, 5.41) is 3.12.